The topological polar surface area (TPSA) is 55.5 Å². The van der Waals surface area contributed by atoms with Crippen LogP contribution >= 0.6 is 11.6 Å². The lowest BCUT2D eigenvalue weighted by molar-refractivity contribution is 0.229. The van der Waals surface area contributed by atoms with Gasteiger partial charge in [0.25, 0.3) is 0 Å². The Morgan fingerprint density at radius 2 is 2.14 bits per heavy atom. The van der Waals surface area contributed by atoms with Gasteiger partial charge in [0.1, 0.15) is 5.02 Å². The Kier molecular flexibility index (Phi) is 3.06. The van der Waals surface area contributed by atoms with E-state index in [4.69, 9.17) is 22.1 Å². The Bertz CT molecular complexity index is 329. The van der Waals surface area contributed by atoms with E-state index >= 15 is 0 Å². The summed E-state index contributed by atoms with van der Waals surface area (Å²) in [6.45, 7) is 3.47. The van der Waals surface area contributed by atoms with E-state index in [-0.39, 0.29) is 22.6 Å². The highest BCUT2D eigenvalue weighted by molar-refractivity contribution is 6.34. The van der Waals surface area contributed by atoms with Gasteiger partial charge >= 0.3 is 0 Å². The van der Waals surface area contributed by atoms with Gasteiger partial charge in [-0.15, -0.1) is 0 Å². The summed E-state index contributed by atoms with van der Waals surface area (Å²) >= 11 is 5.74. The molecule has 78 valence electrons. The standard InChI is InChI=1S/C9H11ClFNO2/c1-4(2)14-9-7(10)6(12)3-5(11)8(9)13/h3-4,13H,12H2,1-2H3. The Hall–Kier alpha value is -1.16. The maximum atomic E-state index is 13.0. The molecule has 0 saturated heterocycles. The van der Waals surface area contributed by atoms with Crippen LogP contribution < -0.4 is 10.5 Å². The van der Waals surface area contributed by atoms with Gasteiger partial charge in [0, 0.05) is 6.07 Å². The van der Waals surface area contributed by atoms with Gasteiger partial charge < -0.3 is 15.6 Å². The third-order valence-electron chi connectivity index (χ3n) is 1.53. The highest BCUT2D eigenvalue weighted by Crippen LogP contribution is 2.40. The number of hydrogen-bond acceptors (Lipinski definition) is 3. The maximum absolute atomic E-state index is 13.0. The summed E-state index contributed by atoms with van der Waals surface area (Å²) in [6.07, 6.45) is -0.223. The fourth-order valence-electron chi connectivity index (χ4n) is 0.955. The smallest absolute Gasteiger partial charge is 0.196 e. The summed E-state index contributed by atoms with van der Waals surface area (Å²) in [5, 5.41) is 9.34. The number of nitrogen functional groups attached to an aromatic ring is 1. The fourth-order valence-corrected chi connectivity index (χ4v) is 1.14. The number of halogens is 2. The molecule has 0 radical (unpaired) electrons. The van der Waals surface area contributed by atoms with E-state index in [1.807, 2.05) is 0 Å². The van der Waals surface area contributed by atoms with Crippen LogP contribution in [0.25, 0.3) is 0 Å². The van der Waals surface area contributed by atoms with Crippen molar-refractivity contribution in [2.45, 2.75) is 20.0 Å². The minimum atomic E-state index is -0.845. The zero-order valence-electron chi connectivity index (χ0n) is 7.84. The lowest BCUT2D eigenvalue weighted by Gasteiger charge is -2.14. The Labute approximate surface area is 86.2 Å². The Morgan fingerprint density at radius 1 is 1.57 bits per heavy atom. The fraction of sp³-hybridized carbons (Fsp3) is 0.333. The largest absolute Gasteiger partial charge is 0.502 e. The molecule has 3 nitrogen and oxygen atoms in total. The van der Waals surface area contributed by atoms with E-state index in [1.54, 1.807) is 13.8 Å². The van der Waals surface area contributed by atoms with Crippen LogP contribution in [0, 0.1) is 5.82 Å². The molecule has 0 fully saturated rings. The molecule has 0 saturated carbocycles. The van der Waals surface area contributed by atoms with Crippen molar-refractivity contribution in [2.24, 2.45) is 0 Å². The van der Waals surface area contributed by atoms with Crippen LogP contribution in [0.3, 0.4) is 0 Å². The van der Waals surface area contributed by atoms with E-state index in [2.05, 4.69) is 0 Å². The first-order valence-electron chi connectivity index (χ1n) is 4.06. The van der Waals surface area contributed by atoms with Crippen molar-refractivity contribution in [1.29, 1.82) is 0 Å². The zero-order chi connectivity index (χ0) is 10.9. The number of phenolic OH excluding ortho intramolecular Hbond substituents is 1. The second-order valence-electron chi connectivity index (χ2n) is 3.11. The summed E-state index contributed by atoms with van der Waals surface area (Å²) in [5.41, 5.74) is 5.44. The predicted octanol–water partition coefficient (Wildman–Crippen LogP) is 2.55. The summed E-state index contributed by atoms with van der Waals surface area (Å²) in [6, 6.07) is 0.949. The van der Waals surface area contributed by atoms with Crippen molar-refractivity contribution < 1.29 is 14.2 Å². The monoisotopic (exact) mass is 219 g/mol. The SMILES string of the molecule is CC(C)Oc1c(O)c(F)cc(N)c1Cl. The molecule has 0 atom stereocenters. The molecule has 0 aromatic heterocycles. The quantitative estimate of drug-likeness (QED) is 0.594. The van der Waals surface area contributed by atoms with E-state index < -0.39 is 11.6 Å². The summed E-state index contributed by atoms with van der Waals surface area (Å²) in [5.74, 6) is -1.57. The lowest BCUT2D eigenvalue weighted by Crippen LogP contribution is -2.07. The van der Waals surface area contributed by atoms with Gasteiger partial charge in [0.2, 0.25) is 0 Å². The first-order chi connectivity index (χ1) is 6.43. The van der Waals surface area contributed by atoms with Crippen molar-refractivity contribution in [3.63, 3.8) is 0 Å². The van der Waals surface area contributed by atoms with Crippen molar-refractivity contribution in [2.75, 3.05) is 5.73 Å². The molecule has 0 aliphatic carbocycles. The molecular weight excluding hydrogens is 209 g/mol. The number of benzene rings is 1. The molecule has 3 N–H and O–H groups in total. The van der Waals surface area contributed by atoms with Crippen LogP contribution in [0.1, 0.15) is 13.8 Å². The van der Waals surface area contributed by atoms with Crippen LogP contribution in [-0.2, 0) is 0 Å². The first-order valence-corrected chi connectivity index (χ1v) is 4.44. The highest BCUT2D eigenvalue weighted by atomic mass is 35.5. The van der Waals surface area contributed by atoms with Crippen molar-refractivity contribution >= 4 is 17.3 Å². The molecule has 0 aliphatic heterocycles. The van der Waals surface area contributed by atoms with Gasteiger partial charge in [-0.2, -0.15) is 0 Å². The summed E-state index contributed by atoms with van der Waals surface area (Å²) in [7, 11) is 0. The van der Waals surface area contributed by atoms with E-state index in [1.165, 1.54) is 0 Å². The van der Waals surface area contributed by atoms with Gasteiger partial charge in [-0.25, -0.2) is 4.39 Å². The Morgan fingerprint density at radius 3 is 2.64 bits per heavy atom. The van der Waals surface area contributed by atoms with Crippen LogP contribution in [0.5, 0.6) is 11.5 Å². The van der Waals surface area contributed by atoms with Crippen LogP contribution in [0.15, 0.2) is 6.07 Å². The molecule has 1 rings (SSSR count). The minimum Gasteiger partial charge on any atom is -0.502 e. The second kappa shape index (κ2) is 3.92. The lowest BCUT2D eigenvalue weighted by atomic mass is 10.2. The van der Waals surface area contributed by atoms with Crippen LogP contribution in [-0.4, -0.2) is 11.2 Å². The third-order valence-corrected chi connectivity index (χ3v) is 1.92. The molecule has 1 aromatic rings. The molecule has 0 unspecified atom stereocenters. The number of hydrogen-bond donors (Lipinski definition) is 2. The minimum absolute atomic E-state index is 0.0256. The number of phenols is 1. The van der Waals surface area contributed by atoms with E-state index in [0.717, 1.165) is 6.07 Å². The molecular formula is C9H11ClFNO2. The molecule has 0 aliphatic rings. The number of rotatable bonds is 2. The predicted molar refractivity (Wildman–Crippen MR) is 53.3 cm³/mol. The maximum Gasteiger partial charge on any atom is 0.196 e. The number of anilines is 1. The van der Waals surface area contributed by atoms with Gasteiger partial charge in [-0.05, 0) is 13.8 Å². The average Bonchev–Trinajstić information content (AvgIpc) is 2.09. The van der Waals surface area contributed by atoms with Crippen molar-refractivity contribution in [3.05, 3.63) is 16.9 Å². The van der Waals surface area contributed by atoms with Crippen molar-refractivity contribution in [3.8, 4) is 11.5 Å². The van der Waals surface area contributed by atoms with Crippen molar-refractivity contribution in [1.82, 2.24) is 0 Å². The third kappa shape index (κ3) is 2.01. The van der Waals surface area contributed by atoms with Crippen LogP contribution in [0.4, 0.5) is 10.1 Å². The molecule has 14 heavy (non-hydrogen) atoms. The Balaban J connectivity index is 3.25. The highest BCUT2D eigenvalue weighted by Gasteiger charge is 2.17. The molecule has 5 heteroatoms. The second-order valence-corrected chi connectivity index (χ2v) is 3.48. The molecule has 1 aromatic carbocycles. The molecule has 0 heterocycles. The van der Waals surface area contributed by atoms with E-state index in [0.29, 0.717) is 0 Å². The number of aromatic hydroxyl groups is 1. The van der Waals surface area contributed by atoms with Gasteiger partial charge in [-0.3, -0.25) is 0 Å². The van der Waals surface area contributed by atoms with E-state index in [9.17, 15) is 9.50 Å². The summed E-state index contributed by atoms with van der Waals surface area (Å²) in [4.78, 5) is 0. The molecule has 0 bridgehead atoms. The van der Waals surface area contributed by atoms with Gasteiger partial charge in [0.05, 0.1) is 11.8 Å². The zero-order valence-corrected chi connectivity index (χ0v) is 8.60. The molecule has 0 spiro atoms. The number of nitrogens with two attached hydrogens (primary N) is 1. The van der Waals surface area contributed by atoms with Gasteiger partial charge in [-0.1, -0.05) is 11.6 Å². The first kappa shape index (κ1) is 10.9. The molecule has 0 amide bonds. The van der Waals surface area contributed by atoms with Crippen LogP contribution in [0.2, 0.25) is 5.02 Å². The van der Waals surface area contributed by atoms with Gasteiger partial charge in [0.15, 0.2) is 17.3 Å². The average molecular weight is 220 g/mol. The normalized spacial score (nSPS) is 10.6. The number of ether oxygens (including phenoxy) is 1. The summed E-state index contributed by atoms with van der Waals surface area (Å²) < 4.78 is 18.1.